The number of rotatable bonds is 6. The lowest BCUT2D eigenvalue weighted by Crippen LogP contribution is -2.19. The summed E-state index contributed by atoms with van der Waals surface area (Å²) >= 11 is 0. The molecule has 0 aliphatic heterocycles. The zero-order valence-electron chi connectivity index (χ0n) is 14.6. The molecular weight excluding hydrogens is 332 g/mol. The minimum Gasteiger partial charge on any atom is -0.490 e. The number of benzene rings is 2. The maximum Gasteiger partial charge on any atom is 0.316 e. The van der Waals surface area contributed by atoms with Crippen molar-refractivity contribution in [1.29, 1.82) is 0 Å². The van der Waals surface area contributed by atoms with Crippen molar-refractivity contribution in [1.82, 2.24) is 9.55 Å². The first-order valence-electron chi connectivity index (χ1n) is 8.08. The van der Waals surface area contributed by atoms with E-state index in [1.807, 2.05) is 47.9 Å². The summed E-state index contributed by atoms with van der Waals surface area (Å²) < 4.78 is 6.94. The lowest BCUT2D eigenvalue weighted by Gasteiger charge is -2.17. The predicted molar refractivity (Wildman–Crippen MR) is 100 cm³/mol. The Labute approximate surface area is 150 Å². The Morgan fingerprint density at radius 1 is 1.19 bits per heavy atom. The number of ether oxygens (including phenoxy) is 1. The van der Waals surface area contributed by atoms with Gasteiger partial charge in [0.1, 0.15) is 0 Å². The molecule has 3 aromatic rings. The number of aryl methyl sites for hydroxylation is 1. The van der Waals surface area contributed by atoms with Crippen molar-refractivity contribution in [3.63, 3.8) is 0 Å². The molecule has 0 saturated carbocycles. The van der Waals surface area contributed by atoms with Crippen LogP contribution in [0.25, 0.3) is 0 Å². The average Bonchev–Trinajstić information content (AvgIpc) is 2.66. The standard InChI is InChI=1S/C19H20N4O3/c1-13-8-9-15(22-25)10-16(13)20-19-21-18(24)17(26-2)12-23(19)11-14-6-4-3-5-7-14/h3-10,12,22,25H,11H2,1-2H3,(H,20,21,24). The first-order chi connectivity index (χ1) is 12.6. The largest absolute Gasteiger partial charge is 0.490 e. The van der Waals surface area contributed by atoms with Crippen molar-refractivity contribution in [2.24, 2.45) is 0 Å². The van der Waals surface area contributed by atoms with E-state index in [4.69, 9.17) is 9.94 Å². The summed E-state index contributed by atoms with van der Waals surface area (Å²) in [5.41, 5.74) is 4.93. The maximum atomic E-state index is 12.1. The van der Waals surface area contributed by atoms with Crippen LogP contribution in [0.3, 0.4) is 0 Å². The molecule has 134 valence electrons. The van der Waals surface area contributed by atoms with E-state index in [0.717, 1.165) is 16.8 Å². The Balaban J connectivity index is 2.02. The van der Waals surface area contributed by atoms with Crippen LogP contribution in [0, 0.1) is 6.92 Å². The average molecular weight is 352 g/mol. The third-order valence-corrected chi connectivity index (χ3v) is 3.99. The molecular formula is C19H20N4O3. The first-order valence-corrected chi connectivity index (χ1v) is 8.08. The monoisotopic (exact) mass is 352 g/mol. The van der Waals surface area contributed by atoms with Crippen molar-refractivity contribution >= 4 is 17.3 Å². The molecule has 0 amide bonds. The molecule has 0 bridgehead atoms. The molecule has 26 heavy (non-hydrogen) atoms. The van der Waals surface area contributed by atoms with E-state index in [9.17, 15) is 4.79 Å². The number of hydrogen-bond donors (Lipinski definition) is 3. The molecule has 0 fully saturated rings. The van der Waals surface area contributed by atoms with Crippen LogP contribution < -0.4 is 21.1 Å². The van der Waals surface area contributed by atoms with Gasteiger partial charge in [0.25, 0.3) is 0 Å². The van der Waals surface area contributed by atoms with E-state index >= 15 is 0 Å². The highest BCUT2D eigenvalue weighted by Gasteiger charge is 2.11. The van der Waals surface area contributed by atoms with Crippen LogP contribution in [-0.2, 0) is 6.54 Å². The molecule has 0 spiro atoms. The molecule has 0 radical (unpaired) electrons. The molecule has 2 aromatic carbocycles. The summed E-state index contributed by atoms with van der Waals surface area (Å²) in [6.07, 6.45) is 1.63. The molecule has 1 heterocycles. The van der Waals surface area contributed by atoms with Gasteiger partial charge in [0, 0.05) is 5.69 Å². The molecule has 3 rings (SSSR count). The summed E-state index contributed by atoms with van der Waals surface area (Å²) in [6, 6.07) is 15.2. The van der Waals surface area contributed by atoms with Gasteiger partial charge < -0.3 is 14.6 Å². The highest BCUT2D eigenvalue weighted by molar-refractivity contribution is 5.65. The second-order valence-corrected chi connectivity index (χ2v) is 5.82. The molecule has 0 atom stereocenters. The van der Waals surface area contributed by atoms with Gasteiger partial charge in [-0.3, -0.25) is 15.5 Å². The van der Waals surface area contributed by atoms with Gasteiger partial charge in [0.2, 0.25) is 11.7 Å². The first kappa shape index (κ1) is 17.5. The van der Waals surface area contributed by atoms with E-state index in [2.05, 4.69) is 15.8 Å². The van der Waals surface area contributed by atoms with Crippen molar-refractivity contribution in [2.75, 3.05) is 17.9 Å². The molecule has 0 unspecified atom stereocenters. The number of aromatic nitrogens is 2. The van der Waals surface area contributed by atoms with Gasteiger partial charge in [-0.15, -0.1) is 0 Å². The van der Waals surface area contributed by atoms with E-state index < -0.39 is 5.56 Å². The number of nitrogens with one attached hydrogen (secondary N) is 2. The highest BCUT2D eigenvalue weighted by atomic mass is 16.5. The van der Waals surface area contributed by atoms with E-state index in [1.54, 1.807) is 18.3 Å². The fourth-order valence-corrected chi connectivity index (χ4v) is 2.56. The lowest BCUT2D eigenvalue weighted by molar-refractivity contribution is 0.389. The van der Waals surface area contributed by atoms with E-state index in [1.165, 1.54) is 7.11 Å². The van der Waals surface area contributed by atoms with Gasteiger partial charge in [0.15, 0.2) is 0 Å². The van der Waals surface area contributed by atoms with Gasteiger partial charge in [-0.25, -0.2) is 0 Å². The normalized spacial score (nSPS) is 10.4. The minimum absolute atomic E-state index is 0.175. The van der Waals surface area contributed by atoms with Crippen LogP contribution in [0.15, 0.2) is 59.5 Å². The number of nitrogens with zero attached hydrogens (tertiary/aromatic N) is 2. The summed E-state index contributed by atoms with van der Waals surface area (Å²) in [5, 5.41) is 12.3. The molecule has 3 N–H and O–H groups in total. The SMILES string of the molecule is COc1cn(Cc2ccccc2)c(Nc2cc(NO)ccc2C)nc1=O. The van der Waals surface area contributed by atoms with Crippen molar-refractivity contribution in [3.05, 3.63) is 76.2 Å². The fraction of sp³-hybridized carbons (Fsp3) is 0.158. The van der Waals surface area contributed by atoms with Crippen molar-refractivity contribution in [2.45, 2.75) is 13.5 Å². The second-order valence-electron chi connectivity index (χ2n) is 5.82. The van der Waals surface area contributed by atoms with Crippen molar-refractivity contribution in [3.8, 4) is 5.75 Å². The molecule has 0 saturated heterocycles. The summed E-state index contributed by atoms with van der Waals surface area (Å²) in [4.78, 5) is 16.3. The summed E-state index contributed by atoms with van der Waals surface area (Å²) in [5.74, 6) is 0.562. The van der Waals surface area contributed by atoms with Crippen LogP contribution >= 0.6 is 0 Å². The van der Waals surface area contributed by atoms with Crippen LogP contribution in [0.2, 0.25) is 0 Å². The molecule has 0 aliphatic carbocycles. The Hall–Kier alpha value is -3.32. The lowest BCUT2D eigenvalue weighted by atomic mass is 10.2. The van der Waals surface area contributed by atoms with Gasteiger partial charge in [-0.05, 0) is 30.2 Å². The Bertz CT molecular complexity index is 955. The third kappa shape index (κ3) is 3.84. The fourth-order valence-electron chi connectivity index (χ4n) is 2.56. The smallest absolute Gasteiger partial charge is 0.316 e. The van der Waals surface area contributed by atoms with Crippen LogP contribution in [0.5, 0.6) is 5.75 Å². The van der Waals surface area contributed by atoms with Crippen molar-refractivity contribution < 1.29 is 9.94 Å². The molecule has 1 aromatic heterocycles. The predicted octanol–water partition coefficient (Wildman–Crippen LogP) is 3.15. The Kier molecular flexibility index (Phi) is 5.19. The molecule has 7 heteroatoms. The number of hydrogen-bond acceptors (Lipinski definition) is 6. The van der Waals surface area contributed by atoms with Gasteiger partial charge in [0.05, 0.1) is 25.5 Å². The molecule has 7 nitrogen and oxygen atoms in total. The van der Waals surface area contributed by atoms with Gasteiger partial charge >= 0.3 is 5.56 Å². The third-order valence-electron chi connectivity index (χ3n) is 3.99. The molecule has 0 aliphatic rings. The Morgan fingerprint density at radius 3 is 2.65 bits per heavy atom. The highest BCUT2D eigenvalue weighted by Crippen LogP contribution is 2.24. The topological polar surface area (TPSA) is 88.4 Å². The zero-order valence-corrected chi connectivity index (χ0v) is 14.6. The van der Waals surface area contributed by atoms with Crippen LogP contribution in [0.1, 0.15) is 11.1 Å². The second kappa shape index (κ2) is 7.71. The summed E-state index contributed by atoms with van der Waals surface area (Å²) in [6.45, 7) is 2.44. The Morgan fingerprint density at radius 2 is 1.96 bits per heavy atom. The van der Waals surface area contributed by atoms with Crippen LogP contribution in [0.4, 0.5) is 17.3 Å². The van der Waals surface area contributed by atoms with E-state index in [0.29, 0.717) is 18.2 Å². The number of anilines is 3. The number of methoxy groups -OCH3 is 1. The van der Waals surface area contributed by atoms with Crippen LogP contribution in [-0.4, -0.2) is 21.9 Å². The zero-order chi connectivity index (χ0) is 18.5. The quantitative estimate of drug-likeness (QED) is 0.591. The minimum atomic E-state index is -0.451. The van der Waals surface area contributed by atoms with E-state index in [-0.39, 0.29) is 5.75 Å². The summed E-state index contributed by atoms with van der Waals surface area (Å²) in [7, 11) is 1.44. The maximum absolute atomic E-state index is 12.1. The van der Waals surface area contributed by atoms with Gasteiger partial charge in [-0.2, -0.15) is 4.98 Å². The van der Waals surface area contributed by atoms with Gasteiger partial charge in [-0.1, -0.05) is 36.4 Å².